The van der Waals surface area contributed by atoms with Gasteiger partial charge in [-0.3, -0.25) is 0 Å². The minimum absolute atomic E-state index is 0.254. The molecule has 0 saturated heterocycles. The monoisotopic (exact) mass is 421 g/mol. The number of primary sulfonamides is 1. The van der Waals surface area contributed by atoms with Gasteiger partial charge in [0.1, 0.15) is 22.2 Å². The molecule has 2 aromatic carbocycles. The van der Waals surface area contributed by atoms with E-state index in [2.05, 4.69) is 5.10 Å². The van der Waals surface area contributed by atoms with Crippen LogP contribution in [0.4, 0.5) is 26.3 Å². The zero-order chi connectivity index (χ0) is 20.8. The van der Waals surface area contributed by atoms with Gasteiger partial charge >= 0.3 is 0 Å². The molecule has 0 aliphatic rings. The van der Waals surface area contributed by atoms with Crippen molar-refractivity contribution in [2.45, 2.75) is 11.3 Å². The second kappa shape index (κ2) is 6.95. The topological polar surface area (TPSA) is 78.0 Å². The summed E-state index contributed by atoms with van der Waals surface area (Å²) in [6, 6.07) is 3.72. The highest BCUT2D eigenvalue weighted by Gasteiger charge is 2.24. The number of halogens is 6. The van der Waals surface area contributed by atoms with E-state index in [1.807, 2.05) is 0 Å². The summed E-state index contributed by atoms with van der Waals surface area (Å²) in [5.74, 6) is -5.29. The summed E-state index contributed by atoms with van der Waals surface area (Å²) in [6.07, 6.45) is -3.11. The smallest absolute Gasteiger partial charge is 0.232 e. The summed E-state index contributed by atoms with van der Waals surface area (Å²) in [5, 5.41) is 8.30. The molecular weight excluding hydrogens is 412 g/mol. The predicted octanol–water partition coefficient (Wildman–Crippen LogP) is 3.68. The zero-order valence-electron chi connectivity index (χ0n) is 13.5. The molecule has 0 spiro atoms. The molecule has 0 aliphatic heterocycles. The van der Waals surface area contributed by atoms with E-state index in [-0.39, 0.29) is 11.8 Å². The highest BCUT2D eigenvalue weighted by Crippen LogP contribution is 2.32. The quantitative estimate of drug-likeness (QED) is 0.653. The average molecular weight is 421 g/mol. The summed E-state index contributed by atoms with van der Waals surface area (Å²) in [5.41, 5.74) is -2.20. The number of benzene rings is 2. The van der Waals surface area contributed by atoms with Crippen molar-refractivity contribution in [1.29, 1.82) is 0 Å². The lowest BCUT2D eigenvalue weighted by Gasteiger charge is -2.10. The first-order valence-corrected chi connectivity index (χ1v) is 8.89. The molecule has 1 aromatic heterocycles. The third-order valence-electron chi connectivity index (χ3n) is 3.70. The lowest BCUT2D eigenvalue weighted by molar-refractivity contribution is 0.145. The molecule has 1 heterocycles. The van der Waals surface area contributed by atoms with Crippen LogP contribution in [0.2, 0.25) is 0 Å². The fourth-order valence-electron chi connectivity index (χ4n) is 2.45. The summed E-state index contributed by atoms with van der Waals surface area (Å²) in [6.45, 7) is 0. The Morgan fingerprint density at radius 3 is 2.14 bits per heavy atom. The van der Waals surface area contributed by atoms with Gasteiger partial charge in [-0.05, 0) is 30.3 Å². The second-order valence-electron chi connectivity index (χ2n) is 5.57. The summed E-state index contributed by atoms with van der Waals surface area (Å²) >= 11 is 0. The Labute approximate surface area is 154 Å². The number of sulfonamides is 1. The van der Waals surface area contributed by atoms with Crippen molar-refractivity contribution >= 4 is 10.0 Å². The first-order valence-electron chi connectivity index (χ1n) is 7.35. The van der Waals surface area contributed by atoms with Crippen molar-refractivity contribution in [2.75, 3.05) is 0 Å². The molecular formula is C16H9F6N3O2S. The Hall–Kier alpha value is -2.86. The van der Waals surface area contributed by atoms with E-state index in [1.54, 1.807) is 0 Å². The van der Waals surface area contributed by atoms with E-state index >= 15 is 0 Å². The van der Waals surface area contributed by atoms with Gasteiger partial charge in [-0.25, -0.2) is 44.6 Å². The van der Waals surface area contributed by atoms with E-state index < -0.39 is 61.6 Å². The summed E-state index contributed by atoms with van der Waals surface area (Å²) < 4.78 is 105. The van der Waals surface area contributed by atoms with Crippen LogP contribution in [-0.2, 0) is 10.0 Å². The molecule has 5 nitrogen and oxygen atoms in total. The van der Waals surface area contributed by atoms with Crippen LogP contribution in [0.15, 0.2) is 41.3 Å². The molecule has 0 radical (unpaired) electrons. The second-order valence-corrected chi connectivity index (χ2v) is 7.10. The van der Waals surface area contributed by atoms with Gasteiger partial charge in [0.15, 0.2) is 11.6 Å². The van der Waals surface area contributed by atoms with Crippen LogP contribution >= 0.6 is 0 Å². The summed E-state index contributed by atoms with van der Waals surface area (Å²) in [7, 11) is -4.58. The van der Waals surface area contributed by atoms with Crippen molar-refractivity contribution < 1.29 is 34.8 Å². The normalized spacial score (nSPS) is 12.0. The highest BCUT2D eigenvalue weighted by atomic mass is 32.2. The Balaban J connectivity index is 2.27. The van der Waals surface area contributed by atoms with E-state index in [0.717, 1.165) is 6.07 Å². The van der Waals surface area contributed by atoms with Crippen molar-refractivity contribution in [2.24, 2.45) is 5.14 Å². The Bertz CT molecular complexity index is 1180. The van der Waals surface area contributed by atoms with Gasteiger partial charge in [-0.15, -0.1) is 0 Å². The Kier molecular flexibility index (Phi) is 4.93. The molecule has 148 valence electrons. The van der Waals surface area contributed by atoms with E-state index in [9.17, 15) is 34.8 Å². The van der Waals surface area contributed by atoms with E-state index in [0.29, 0.717) is 28.9 Å². The number of aromatic nitrogens is 2. The maximum atomic E-state index is 14.4. The molecule has 28 heavy (non-hydrogen) atoms. The maximum absolute atomic E-state index is 14.4. The van der Waals surface area contributed by atoms with Crippen LogP contribution in [0.25, 0.3) is 16.9 Å². The summed E-state index contributed by atoms with van der Waals surface area (Å²) in [4.78, 5) is -1.14. The van der Waals surface area contributed by atoms with Gasteiger partial charge in [-0.1, -0.05) is 0 Å². The van der Waals surface area contributed by atoms with Crippen LogP contribution < -0.4 is 5.14 Å². The highest BCUT2D eigenvalue weighted by molar-refractivity contribution is 7.89. The number of rotatable bonds is 4. The first kappa shape index (κ1) is 19.9. The predicted molar refractivity (Wildman–Crippen MR) is 85.2 cm³/mol. The lowest BCUT2D eigenvalue weighted by Crippen LogP contribution is -2.15. The minimum Gasteiger partial charge on any atom is -0.232 e. The average Bonchev–Trinajstić information content (AvgIpc) is 3.03. The third-order valence-corrected chi connectivity index (χ3v) is 4.63. The molecule has 0 atom stereocenters. The maximum Gasteiger partial charge on any atom is 0.282 e. The first-order chi connectivity index (χ1) is 13.0. The van der Waals surface area contributed by atoms with Crippen LogP contribution in [0.1, 0.15) is 12.1 Å². The van der Waals surface area contributed by atoms with Gasteiger partial charge in [0.25, 0.3) is 6.43 Å². The molecule has 3 rings (SSSR count). The number of alkyl halides is 2. The van der Waals surface area contributed by atoms with Crippen LogP contribution in [-0.4, -0.2) is 18.2 Å². The fraction of sp³-hybridized carbons (Fsp3) is 0.0625. The molecule has 2 N–H and O–H groups in total. The number of nitrogens with zero attached hydrogens (tertiary/aromatic N) is 2. The molecule has 0 bridgehead atoms. The SMILES string of the molecule is NS(=O)(=O)c1cc(F)c(-c2cc(C(F)F)nn2-c2ccc(F)c(F)c2)cc1F. The molecule has 0 unspecified atom stereocenters. The van der Waals surface area contributed by atoms with Gasteiger partial charge in [0.05, 0.1) is 11.4 Å². The van der Waals surface area contributed by atoms with Crippen LogP contribution in [0.3, 0.4) is 0 Å². The van der Waals surface area contributed by atoms with Gasteiger partial charge < -0.3 is 0 Å². The largest absolute Gasteiger partial charge is 0.282 e. The molecule has 0 fully saturated rings. The number of hydrogen-bond donors (Lipinski definition) is 1. The van der Waals surface area contributed by atoms with Crippen molar-refractivity contribution in [3.63, 3.8) is 0 Å². The Morgan fingerprint density at radius 2 is 1.57 bits per heavy atom. The van der Waals surface area contributed by atoms with E-state index in [4.69, 9.17) is 5.14 Å². The van der Waals surface area contributed by atoms with Crippen molar-refractivity contribution in [1.82, 2.24) is 9.78 Å². The molecule has 0 saturated carbocycles. The van der Waals surface area contributed by atoms with Crippen LogP contribution in [0.5, 0.6) is 0 Å². The van der Waals surface area contributed by atoms with E-state index in [1.165, 1.54) is 0 Å². The van der Waals surface area contributed by atoms with Gasteiger partial charge in [0.2, 0.25) is 10.0 Å². The fourth-order valence-corrected chi connectivity index (χ4v) is 3.05. The number of hydrogen-bond acceptors (Lipinski definition) is 3. The molecule has 12 heteroatoms. The third kappa shape index (κ3) is 3.60. The van der Waals surface area contributed by atoms with Crippen LogP contribution in [0, 0.1) is 23.3 Å². The zero-order valence-corrected chi connectivity index (χ0v) is 14.3. The minimum atomic E-state index is -4.58. The Morgan fingerprint density at radius 1 is 0.893 bits per heavy atom. The van der Waals surface area contributed by atoms with Gasteiger partial charge in [-0.2, -0.15) is 5.10 Å². The number of nitrogens with two attached hydrogens (primary N) is 1. The van der Waals surface area contributed by atoms with Crippen molar-refractivity contribution in [3.05, 3.63) is 65.4 Å². The molecule has 0 aliphatic carbocycles. The molecule has 3 aromatic rings. The van der Waals surface area contributed by atoms with Crippen molar-refractivity contribution in [3.8, 4) is 16.9 Å². The lowest BCUT2D eigenvalue weighted by atomic mass is 10.1. The molecule has 0 amide bonds. The standard InChI is InChI=1S/C16H9F6N3O2S/c17-9-2-1-7(3-11(9)19)25-14(6-13(24-25)16(21)22)8-4-12(20)15(5-10(8)18)28(23,26)27/h1-6,16H,(H2,23,26,27). The van der Waals surface area contributed by atoms with Gasteiger partial charge in [0, 0.05) is 11.6 Å².